The van der Waals surface area contributed by atoms with Crippen LogP contribution in [0.25, 0.3) is 0 Å². The molecule has 0 bridgehead atoms. The van der Waals surface area contributed by atoms with Crippen molar-refractivity contribution in [3.05, 3.63) is 0 Å². The van der Waals surface area contributed by atoms with Gasteiger partial charge in [-0.2, -0.15) is 0 Å². The highest BCUT2D eigenvalue weighted by Gasteiger charge is 2.01. The molecule has 1 N–H and O–H groups in total. The highest BCUT2D eigenvalue weighted by molar-refractivity contribution is 5.78. The van der Waals surface area contributed by atoms with Crippen molar-refractivity contribution in [1.82, 2.24) is 0 Å². The normalized spacial score (nSPS) is 10.9. The third-order valence-corrected chi connectivity index (χ3v) is 4.66. The van der Waals surface area contributed by atoms with E-state index in [1.165, 1.54) is 64.2 Å². The van der Waals surface area contributed by atoms with E-state index in [0.29, 0.717) is 12.2 Å². The molecule has 3 nitrogen and oxygen atoms in total. The van der Waals surface area contributed by atoms with E-state index in [4.69, 9.17) is 5.11 Å². The fourth-order valence-corrected chi connectivity index (χ4v) is 3.04. The average Bonchev–Trinajstić information content (AvgIpc) is 2.56. The Bertz CT molecular complexity index is 299. The number of Topliss-reactive ketones (excluding diaryl/α,β-unsaturated/α-hetero) is 1. The number of unbranched alkanes of at least 4 members (excludes halogenated alkanes) is 13. The Hall–Kier alpha value is -0.860. The quantitative estimate of drug-likeness (QED) is 0.267. The molecule has 0 rings (SSSR count). The minimum Gasteiger partial charge on any atom is -0.481 e. The fourth-order valence-electron chi connectivity index (χ4n) is 3.04. The molecule has 0 unspecified atom stereocenters. The van der Waals surface area contributed by atoms with E-state index in [2.05, 4.69) is 6.92 Å². The van der Waals surface area contributed by atoms with Crippen LogP contribution in [-0.4, -0.2) is 16.9 Å². The fraction of sp³-hybridized carbons (Fsp3) is 0.905. The van der Waals surface area contributed by atoms with E-state index in [1.807, 2.05) is 0 Å². The van der Waals surface area contributed by atoms with Crippen molar-refractivity contribution >= 4 is 11.8 Å². The highest BCUT2D eigenvalue weighted by Crippen LogP contribution is 2.13. The molecule has 0 saturated carbocycles. The summed E-state index contributed by atoms with van der Waals surface area (Å²) < 4.78 is 0. The van der Waals surface area contributed by atoms with Gasteiger partial charge in [-0.05, 0) is 19.3 Å². The van der Waals surface area contributed by atoms with Gasteiger partial charge in [0, 0.05) is 19.3 Å². The number of hydrogen-bond donors (Lipinski definition) is 1. The second kappa shape index (κ2) is 18.5. The largest absolute Gasteiger partial charge is 0.481 e. The summed E-state index contributed by atoms with van der Waals surface area (Å²) in [6.07, 6.45) is 20.0. The number of rotatable bonds is 19. The van der Waals surface area contributed by atoms with Crippen LogP contribution in [0.3, 0.4) is 0 Å². The van der Waals surface area contributed by atoms with Crippen LogP contribution in [0.4, 0.5) is 0 Å². The van der Waals surface area contributed by atoms with Gasteiger partial charge >= 0.3 is 5.97 Å². The molecular weight excluding hydrogens is 300 g/mol. The lowest BCUT2D eigenvalue weighted by molar-refractivity contribution is -0.137. The molecule has 0 aromatic heterocycles. The molecule has 0 amide bonds. The molecule has 0 saturated heterocycles. The van der Waals surface area contributed by atoms with Gasteiger partial charge in [-0.3, -0.25) is 9.59 Å². The van der Waals surface area contributed by atoms with Gasteiger partial charge < -0.3 is 5.11 Å². The zero-order valence-corrected chi connectivity index (χ0v) is 16.0. The molecule has 0 aliphatic heterocycles. The van der Waals surface area contributed by atoms with Crippen molar-refractivity contribution in [2.24, 2.45) is 0 Å². The molecule has 0 fully saturated rings. The van der Waals surface area contributed by atoms with Gasteiger partial charge in [0.05, 0.1) is 0 Å². The van der Waals surface area contributed by atoms with E-state index < -0.39 is 5.97 Å². The predicted octanol–water partition coefficient (Wildman–Crippen LogP) is 6.68. The maximum atomic E-state index is 11.5. The summed E-state index contributed by atoms with van der Waals surface area (Å²) in [5.74, 6) is -0.210. The van der Waals surface area contributed by atoms with Gasteiger partial charge in [0.2, 0.25) is 0 Å². The van der Waals surface area contributed by atoms with Crippen molar-refractivity contribution in [1.29, 1.82) is 0 Å². The lowest BCUT2D eigenvalue weighted by Gasteiger charge is -2.03. The van der Waals surface area contributed by atoms with Crippen LogP contribution in [0.1, 0.15) is 122 Å². The maximum Gasteiger partial charge on any atom is 0.303 e. The molecule has 0 atom stereocenters. The lowest BCUT2D eigenvalue weighted by atomic mass is 10.0. The van der Waals surface area contributed by atoms with Gasteiger partial charge in [-0.15, -0.1) is 0 Å². The monoisotopic (exact) mass is 340 g/mol. The number of ketones is 1. The van der Waals surface area contributed by atoms with E-state index in [-0.39, 0.29) is 0 Å². The Morgan fingerprint density at radius 2 is 0.875 bits per heavy atom. The Morgan fingerprint density at radius 1 is 0.542 bits per heavy atom. The molecular formula is C21H40O3. The summed E-state index contributed by atoms with van der Waals surface area (Å²) >= 11 is 0. The minimum atomic E-state index is -0.668. The first-order valence-electron chi connectivity index (χ1n) is 10.4. The Balaban J connectivity index is 3.07. The molecule has 142 valence electrons. The maximum absolute atomic E-state index is 11.5. The van der Waals surface area contributed by atoms with Crippen LogP contribution in [0, 0.1) is 0 Å². The van der Waals surface area contributed by atoms with Crippen LogP contribution in [-0.2, 0) is 9.59 Å². The Morgan fingerprint density at radius 3 is 1.25 bits per heavy atom. The molecule has 0 radical (unpaired) electrons. The number of carbonyl (C=O) groups excluding carboxylic acids is 1. The van der Waals surface area contributed by atoms with Gasteiger partial charge in [0.25, 0.3) is 0 Å². The van der Waals surface area contributed by atoms with Crippen LogP contribution >= 0.6 is 0 Å². The summed E-state index contributed by atoms with van der Waals surface area (Å²) in [6.45, 7) is 2.13. The van der Waals surface area contributed by atoms with E-state index in [0.717, 1.165) is 44.9 Å². The first-order chi connectivity index (χ1) is 11.7. The van der Waals surface area contributed by atoms with Crippen molar-refractivity contribution in [2.45, 2.75) is 122 Å². The number of carbonyl (C=O) groups is 2. The molecule has 0 aliphatic carbocycles. The van der Waals surface area contributed by atoms with Crippen molar-refractivity contribution in [3.63, 3.8) is 0 Å². The molecule has 0 spiro atoms. The Kier molecular flexibility index (Phi) is 17.8. The first-order valence-corrected chi connectivity index (χ1v) is 10.4. The molecule has 0 aromatic rings. The summed E-state index contributed by atoms with van der Waals surface area (Å²) in [6, 6.07) is 0. The predicted molar refractivity (Wildman–Crippen MR) is 101 cm³/mol. The number of aliphatic carboxylic acids is 1. The third-order valence-electron chi connectivity index (χ3n) is 4.66. The first kappa shape index (κ1) is 23.1. The van der Waals surface area contributed by atoms with Gasteiger partial charge in [0.1, 0.15) is 5.78 Å². The van der Waals surface area contributed by atoms with E-state index in [1.54, 1.807) is 0 Å². The average molecular weight is 341 g/mol. The number of carboxylic acids is 1. The van der Waals surface area contributed by atoms with Crippen LogP contribution in [0.5, 0.6) is 0 Å². The van der Waals surface area contributed by atoms with E-state index >= 15 is 0 Å². The number of carboxylic acid groups (broad SMARTS) is 1. The summed E-state index contributed by atoms with van der Waals surface area (Å²) in [5.41, 5.74) is 0. The van der Waals surface area contributed by atoms with Crippen LogP contribution in [0.15, 0.2) is 0 Å². The standard InChI is InChI=1S/C21H40O3/c1-2-3-17-20(22)18-15-13-11-9-7-5-4-6-8-10-12-14-16-19-21(23)24/h2-19H2,1H3,(H,23,24). The second-order valence-electron chi connectivity index (χ2n) is 7.13. The highest BCUT2D eigenvalue weighted by atomic mass is 16.4. The molecule has 0 aromatic carbocycles. The SMILES string of the molecule is CCCCC(=O)CCCCCCCCCCCCCCCC(=O)O. The molecule has 3 heteroatoms. The minimum absolute atomic E-state index is 0.326. The lowest BCUT2D eigenvalue weighted by Crippen LogP contribution is -1.96. The molecule has 24 heavy (non-hydrogen) atoms. The summed E-state index contributed by atoms with van der Waals surface area (Å²) in [7, 11) is 0. The third kappa shape index (κ3) is 19.2. The van der Waals surface area contributed by atoms with Crippen LogP contribution in [0.2, 0.25) is 0 Å². The van der Waals surface area contributed by atoms with Crippen LogP contribution < -0.4 is 0 Å². The van der Waals surface area contributed by atoms with Gasteiger partial charge in [0.15, 0.2) is 0 Å². The van der Waals surface area contributed by atoms with Gasteiger partial charge in [-0.1, -0.05) is 84.0 Å². The summed E-state index contributed by atoms with van der Waals surface area (Å²) in [4.78, 5) is 21.9. The Labute approximate surface area is 149 Å². The van der Waals surface area contributed by atoms with Crippen molar-refractivity contribution < 1.29 is 14.7 Å². The smallest absolute Gasteiger partial charge is 0.303 e. The zero-order chi connectivity index (χ0) is 17.9. The zero-order valence-electron chi connectivity index (χ0n) is 16.0. The van der Waals surface area contributed by atoms with E-state index in [9.17, 15) is 9.59 Å². The summed E-state index contributed by atoms with van der Waals surface area (Å²) in [5, 5.41) is 8.55. The van der Waals surface area contributed by atoms with Crippen molar-refractivity contribution in [3.8, 4) is 0 Å². The topological polar surface area (TPSA) is 54.4 Å². The van der Waals surface area contributed by atoms with Crippen molar-refractivity contribution in [2.75, 3.05) is 0 Å². The molecule has 0 heterocycles. The molecule has 0 aliphatic rings. The number of hydrogen-bond acceptors (Lipinski definition) is 2. The second-order valence-corrected chi connectivity index (χ2v) is 7.13. The van der Waals surface area contributed by atoms with Gasteiger partial charge in [-0.25, -0.2) is 0 Å².